The number of thioether (sulfide) groups is 1. The van der Waals surface area contributed by atoms with Crippen molar-refractivity contribution in [2.75, 3.05) is 30.5 Å². The number of rotatable bonds is 4. The van der Waals surface area contributed by atoms with Gasteiger partial charge in [-0.2, -0.15) is 11.8 Å². The fourth-order valence-electron chi connectivity index (χ4n) is 1.73. The van der Waals surface area contributed by atoms with Gasteiger partial charge in [-0.05, 0) is 24.5 Å². The molecular weight excluding hydrogens is 264 g/mol. The fraction of sp³-hybridized carbons (Fsp3) is 0.385. The maximum atomic E-state index is 11.9. The lowest BCUT2D eigenvalue weighted by Crippen LogP contribution is -2.25. The van der Waals surface area contributed by atoms with E-state index in [4.69, 9.17) is 4.74 Å². The minimum absolute atomic E-state index is 0.0984. The first-order valence-corrected chi connectivity index (χ1v) is 7.44. The number of ether oxygens (including phenoxy) is 1. The lowest BCUT2D eigenvalue weighted by Gasteiger charge is -2.09. The van der Waals surface area contributed by atoms with Crippen LogP contribution in [0.15, 0.2) is 18.2 Å². The number of benzene rings is 1. The number of hydrogen-bond acceptors (Lipinski definition) is 4. The highest BCUT2D eigenvalue weighted by molar-refractivity contribution is 7.98. The Labute approximate surface area is 116 Å². The SMILES string of the molecule is CSCCNC(=O)c1ccc2c(c1)NC(=O)CCO2. The van der Waals surface area contributed by atoms with Crippen molar-refractivity contribution >= 4 is 29.3 Å². The van der Waals surface area contributed by atoms with Gasteiger partial charge < -0.3 is 15.4 Å². The van der Waals surface area contributed by atoms with Gasteiger partial charge in [-0.1, -0.05) is 0 Å². The highest BCUT2D eigenvalue weighted by Gasteiger charge is 2.15. The summed E-state index contributed by atoms with van der Waals surface area (Å²) in [4.78, 5) is 23.3. The van der Waals surface area contributed by atoms with Crippen molar-refractivity contribution in [2.24, 2.45) is 0 Å². The monoisotopic (exact) mass is 280 g/mol. The Morgan fingerprint density at radius 1 is 1.53 bits per heavy atom. The molecule has 0 atom stereocenters. The van der Waals surface area contributed by atoms with Gasteiger partial charge in [0.15, 0.2) is 0 Å². The second-order valence-corrected chi connectivity index (χ2v) is 5.09. The van der Waals surface area contributed by atoms with Crippen molar-refractivity contribution in [3.05, 3.63) is 23.8 Å². The van der Waals surface area contributed by atoms with Crippen LogP contribution in [0.25, 0.3) is 0 Å². The molecule has 1 aromatic carbocycles. The lowest BCUT2D eigenvalue weighted by atomic mass is 10.1. The van der Waals surface area contributed by atoms with E-state index in [-0.39, 0.29) is 11.8 Å². The number of carbonyl (C=O) groups is 2. The van der Waals surface area contributed by atoms with Crippen molar-refractivity contribution in [3.63, 3.8) is 0 Å². The number of carbonyl (C=O) groups excluding carboxylic acids is 2. The second-order valence-electron chi connectivity index (χ2n) is 4.11. The molecule has 0 spiro atoms. The molecule has 1 aliphatic heterocycles. The third-order valence-corrected chi connectivity index (χ3v) is 3.31. The molecule has 0 unspecified atom stereocenters. The fourth-order valence-corrected chi connectivity index (χ4v) is 2.04. The summed E-state index contributed by atoms with van der Waals surface area (Å²) in [5.74, 6) is 1.23. The molecule has 2 N–H and O–H groups in total. The largest absolute Gasteiger partial charge is 0.491 e. The summed E-state index contributed by atoms with van der Waals surface area (Å²) in [6.45, 7) is 0.984. The van der Waals surface area contributed by atoms with Gasteiger partial charge in [0.2, 0.25) is 5.91 Å². The van der Waals surface area contributed by atoms with E-state index >= 15 is 0 Å². The van der Waals surface area contributed by atoms with E-state index in [1.807, 2.05) is 6.26 Å². The first kappa shape index (κ1) is 13.7. The Morgan fingerprint density at radius 2 is 2.37 bits per heavy atom. The van der Waals surface area contributed by atoms with Crippen molar-refractivity contribution in [1.82, 2.24) is 5.32 Å². The van der Waals surface area contributed by atoms with Crippen LogP contribution in [-0.2, 0) is 4.79 Å². The molecule has 19 heavy (non-hydrogen) atoms. The van der Waals surface area contributed by atoms with Crippen molar-refractivity contribution in [3.8, 4) is 5.75 Å². The molecule has 0 saturated carbocycles. The van der Waals surface area contributed by atoms with Crippen LogP contribution in [0.5, 0.6) is 5.75 Å². The molecule has 0 aliphatic carbocycles. The molecule has 0 aromatic heterocycles. The maximum absolute atomic E-state index is 11.9. The standard InChI is InChI=1S/C13H16N2O3S/c1-19-7-5-14-13(17)9-2-3-11-10(8-9)15-12(16)4-6-18-11/h2-3,8H,4-7H2,1H3,(H,14,17)(H,15,16). The molecule has 0 saturated heterocycles. The van der Waals surface area contributed by atoms with Crippen LogP contribution < -0.4 is 15.4 Å². The molecule has 102 valence electrons. The molecule has 0 bridgehead atoms. The minimum Gasteiger partial charge on any atom is -0.491 e. The first-order valence-electron chi connectivity index (χ1n) is 6.04. The molecule has 1 heterocycles. The molecule has 0 fully saturated rings. The van der Waals surface area contributed by atoms with E-state index in [1.165, 1.54) is 0 Å². The number of anilines is 1. The van der Waals surface area contributed by atoms with Gasteiger partial charge in [-0.3, -0.25) is 9.59 Å². The second kappa shape index (κ2) is 6.47. The van der Waals surface area contributed by atoms with Gasteiger partial charge in [-0.25, -0.2) is 0 Å². The van der Waals surface area contributed by atoms with E-state index in [0.717, 1.165) is 5.75 Å². The Kier molecular flexibility index (Phi) is 4.68. The molecule has 1 aliphatic rings. The van der Waals surface area contributed by atoms with Crippen molar-refractivity contribution in [1.29, 1.82) is 0 Å². The maximum Gasteiger partial charge on any atom is 0.251 e. The van der Waals surface area contributed by atoms with E-state index in [0.29, 0.717) is 36.6 Å². The molecule has 6 heteroatoms. The Hall–Kier alpha value is -1.69. The topological polar surface area (TPSA) is 67.4 Å². The molecule has 2 rings (SSSR count). The van der Waals surface area contributed by atoms with Crippen LogP contribution in [0.2, 0.25) is 0 Å². The summed E-state index contributed by atoms with van der Waals surface area (Å²) in [5.41, 5.74) is 1.07. The predicted octanol–water partition coefficient (Wildman–Crippen LogP) is 1.50. The van der Waals surface area contributed by atoms with Crippen LogP contribution in [0, 0.1) is 0 Å². The highest BCUT2D eigenvalue weighted by Crippen LogP contribution is 2.27. The lowest BCUT2D eigenvalue weighted by molar-refractivity contribution is -0.116. The zero-order valence-electron chi connectivity index (χ0n) is 10.7. The Morgan fingerprint density at radius 3 is 3.16 bits per heavy atom. The summed E-state index contributed by atoms with van der Waals surface area (Å²) in [6, 6.07) is 5.06. The number of fused-ring (bicyclic) bond motifs is 1. The Bertz CT molecular complexity index is 491. The summed E-state index contributed by atoms with van der Waals surface area (Å²) in [7, 11) is 0. The molecule has 1 aromatic rings. The van der Waals surface area contributed by atoms with Crippen LogP contribution in [0.4, 0.5) is 5.69 Å². The van der Waals surface area contributed by atoms with Gasteiger partial charge in [-0.15, -0.1) is 0 Å². The van der Waals surface area contributed by atoms with Crippen molar-refractivity contribution < 1.29 is 14.3 Å². The molecule has 0 radical (unpaired) electrons. The third-order valence-electron chi connectivity index (χ3n) is 2.69. The Balaban J connectivity index is 2.11. The molecular formula is C13H16N2O3S. The predicted molar refractivity (Wildman–Crippen MR) is 75.9 cm³/mol. The normalized spacial score (nSPS) is 13.8. The number of nitrogens with one attached hydrogen (secondary N) is 2. The van der Waals surface area contributed by atoms with Gasteiger partial charge in [0.1, 0.15) is 5.75 Å². The molecule has 5 nitrogen and oxygen atoms in total. The minimum atomic E-state index is -0.143. The smallest absolute Gasteiger partial charge is 0.251 e. The molecule has 2 amide bonds. The van der Waals surface area contributed by atoms with Gasteiger partial charge in [0.05, 0.1) is 18.7 Å². The summed E-state index contributed by atoms with van der Waals surface area (Å²) >= 11 is 1.67. The zero-order chi connectivity index (χ0) is 13.7. The first-order chi connectivity index (χ1) is 9.20. The highest BCUT2D eigenvalue weighted by atomic mass is 32.2. The quantitative estimate of drug-likeness (QED) is 0.820. The zero-order valence-corrected chi connectivity index (χ0v) is 11.5. The van der Waals surface area contributed by atoms with Gasteiger partial charge >= 0.3 is 0 Å². The van der Waals surface area contributed by atoms with Crippen LogP contribution in [-0.4, -0.2) is 37.0 Å². The number of hydrogen-bond donors (Lipinski definition) is 2. The average molecular weight is 280 g/mol. The van der Waals surface area contributed by atoms with E-state index in [2.05, 4.69) is 10.6 Å². The van der Waals surface area contributed by atoms with E-state index < -0.39 is 0 Å². The van der Waals surface area contributed by atoms with Crippen molar-refractivity contribution in [2.45, 2.75) is 6.42 Å². The van der Waals surface area contributed by atoms with E-state index in [1.54, 1.807) is 30.0 Å². The van der Waals surface area contributed by atoms with E-state index in [9.17, 15) is 9.59 Å². The van der Waals surface area contributed by atoms with Crippen LogP contribution >= 0.6 is 11.8 Å². The van der Waals surface area contributed by atoms with Gasteiger partial charge in [0, 0.05) is 17.9 Å². The van der Waals surface area contributed by atoms with Crippen LogP contribution in [0.1, 0.15) is 16.8 Å². The summed E-state index contributed by atoms with van der Waals surface area (Å²) in [5, 5.41) is 5.56. The third kappa shape index (κ3) is 3.64. The summed E-state index contributed by atoms with van der Waals surface area (Å²) in [6.07, 6.45) is 2.31. The van der Waals surface area contributed by atoms with Crippen LogP contribution in [0.3, 0.4) is 0 Å². The average Bonchev–Trinajstić information content (AvgIpc) is 2.58. The summed E-state index contributed by atoms with van der Waals surface area (Å²) < 4.78 is 5.43. The number of amides is 2. The van der Waals surface area contributed by atoms with Gasteiger partial charge in [0.25, 0.3) is 5.91 Å².